The van der Waals surface area contributed by atoms with Crippen molar-refractivity contribution in [1.29, 1.82) is 0 Å². The van der Waals surface area contributed by atoms with E-state index < -0.39 is 17.5 Å². The summed E-state index contributed by atoms with van der Waals surface area (Å²) in [7, 11) is 0. The predicted octanol–water partition coefficient (Wildman–Crippen LogP) is 1.84. The average molecular weight is 420 g/mol. The first-order valence-electron chi connectivity index (χ1n) is 7.76. The fourth-order valence-corrected chi connectivity index (χ4v) is 3.66. The minimum atomic E-state index is -1.23. The van der Waals surface area contributed by atoms with Crippen LogP contribution in [0.25, 0.3) is 20.4 Å². The van der Waals surface area contributed by atoms with Gasteiger partial charge in [0.25, 0.3) is 11.1 Å². The lowest BCUT2D eigenvalue weighted by molar-refractivity contribution is 0.0511. The molecular formula is C16H12N4O6S2. The van der Waals surface area contributed by atoms with Crippen LogP contribution < -0.4 is 11.1 Å². The first-order chi connectivity index (χ1) is 13.4. The largest absolute Gasteiger partial charge is 0.475 e. The van der Waals surface area contributed by atoms with Gasteiger partial charge in [0.2, 0.25) is 11.6 Å². The Hall–Kier alpha value is -3.38. The molecule has 10 nitrogen and oxygen atoms in total. The van der Waals surface area contributed by atoms with E-state index >= 15 is 0 Å². The van der Waals surface area contributed by atoms with Crippen LogP contribution >= 0.6 is 22.7 Å². The molecule has 0 fully saturated rings. The average Bonchev–Trinajstić information content (AvgIpc) is 3.31. The van der Waals surface area contributed by atoms with E-state index in [1.165, 1.54) is 22.7 Å². The van der Waals surface area contributed by atoms with E-state index in [0.717, 1.165) is 0 Å². The number of aromatic nitrogens is 4. The minimum Gasteiger partial charge on any atom is -0.475 e. The molecular weight excluding hydrogens is 408 g/mol. The van der Waals surface area contributed by atoms with E-state index in [4.69, 9.17) is 9.84 Å². The predicted molar refractivity (Wildman–Crippen MR) is 103 cm³/mol. The van der Waals surface area contributed by atoms with Gasteiger partial charge in [0, 0.05) is 0 Å². The number of carboxylic acids is 1. The smallest absolute Gasteiger partial charge is 0.374 e. The molecule has 0 saturated carbocycles. The fourth-order valence-electron chi connectivity index (χ4n) is 2.13. The highest BCUT2D eigenvalue weighted by molar-refractivity contribution is 7.17. The molecule has 0 aliphatic heterocycles. The molecule has 4 aromatic rings. The summed E-state index contributed by atoms with van der Waals surface area (Å²) in [6.07, 6.45) is 0. The number of carboxylic acid groups (broad SMARTS) is 1. The van der Waals surface area contributed by atoms with Gasteiger partial charge in [-0.25, -0.2) is 19.6 Å². The second-order valence-corrected chi connectivity index (χ2v) is 6.92. The lowest BCUT2D eigenvalue weighted by Gasteiger charge is -1.99. The third-order valence-electron chi connectivity index (χ3n) is 3.34. The Balaban J connectivity index is 0.000000162. The minimum absolute atomic E-state index is 0.0446. The van der Waals surface area contributed by atoms with Gasteiger partial charge in [-0.05, 0) is 29.8 Å². The Morgan fingerprint density at radius 1 is 1.00 bits per heavy atom. The Labute approximate surface area is 163 Å². The van der Waals surface area contributed by atoms with Gasteiger partial charge in [0.1, 0.15) is 9.66 Å². The molecule has 0 saturated heterocycles. The monoisotopic (exact) mass is 420 g/mol. The first kappa shape index (κ1) is 19.4. The topological polar surface area (TPSA) is 155 Å². The quantitative estimate of drug-likeness (QED) is 0.424. The number of aromatic amines is 2. The van der Waals surface area contributed by atoms with Crippen LogP contribution in [0.2, 0.25) is 0 Å². The number of hydrogen-bond acceptors (Lipinski definition) is 9. The molecule has 0 aliphatic carbocycles. The second kappa shape index (κ2) is 8.10. The molecule has 0 bridgehead atoms. The van der Waals surface area contributed by atoms with Crippen LogP contribution in [0.15, 0.2) is 32.5 Å². The normalized spacial score (nSPS) is 10.5. The van der Waals surface area contributed by atoms with Crippen LogP contribution in [0.1, 0.15) is 28.2 Å². The van der Waals surface area contributed by atoms with Crippen molar-refractivity contribution in [2.45, 2.75) is 6.92 Å². The Bertz CT molecular complexity index is 1290. The maximum absolute atomic E-state index is 11.5. The van der Waals surface area contributed by atoms with E-state index in [9.17, 15) is 19.2 Å². The number of carbonyl (C=O) groups is 2. The van der Waals surface area contributed by atoms with Crippen molar-refractivity contribution < 1.29 is 19.4 Å². The molecule has 144 valence electrons. The van der Waals surface area contributed by atoms with Gasteiger partial charge >= 0.3 is 11.9 Å². The molecule has 0 atom stereocenters. The summed E-state index contributed by atoms with van der Waals surface area (Å²) in [6.45, 7) is 1.95. The van der Waals surface area contributed by atoms with Crippen LogP contribution in [0.5, 0.6) is 0 Å². The van der Waals surface area contributed by atoms with Crippen LogP contribution in [0.3, 0.4) is 0 Å². The zero-order valence-electron chi connectivity index (χ0n) is 14.2. The molecule has 4 aromatic heterocycles. The van der Waals surface area contributed by atoms with Crippen molar-refractivity contribution in [3.05, 3.63) is 55.2 Å². The van der Waals surface area contributed by atoms with Crippen molar-refractivity contribution in [1.82, 2.24) is 19.9 Å². The van der Waals surface area contributed by atoms with Crippen molar-refractivity contribution in [2.75, 3.05) is 6.61 Å². The molecule has 4 rings (SSSR count). The zero-order chi connectivity index (χ0) is 20.3. The molecule has 0 radical (unpaired) electrons. The Morgan fingerprint density at radius 3 is 2.00 bits per heavy atom. The molecule has 0 amide bonds. The van der Waals surface area contributed by atoms with Gasteiger partial charge in [0.15, 0.2) is 0 Å². The summed E-state index contributed by atoms with van der Waals surface area (Å²) in [5.74, 6) is -2.20. The molecule has 4 heterocycles. The van der Waals surface area contributed by atoms with Crippen molar-refractivity contribution in [3.8, 4) is 0 Å². The van der Waals surface area contributed by atoms with E-state index in [1.807, 2.05) is 0 Å². The van der Waals surface area contributed by atoms with Crippen LogP contribution in [0, 0.1) is 0 Å². The highest BCUT2D eigenvalue weighted by atomic mass is 32.1. The third-order valence-corrected chi connectivity index (χ3v) is 4.95. The summed E-state index contributed by atoms with van der Waals surface area (Å²) < 4.78 is 4.74. The van der Waals surface area contributed by atoms with Gasteiger partial charge in [-0.3, -0.25) is 9.59 Å². The summed E-state index contributed by atoms with van der Waals surface area (Å²) in [4.78, 5) is 57.8. The summed E-state index contributed by atoms with van der Waals surface area (Å²) in [5.41, 5.74) is -0.729. The van der Waals surface area contributed by atoms with Crippen LogP contribution in [-0.4, -0.2) is 43.6 Å². The maximum atomic E-state index is 11.5. The highest BCUT2D eigenvalue weighted by Gasteiger charge is 2.12. The van der Waals surface area contributed by atoms with Gasteiger partial charge < -0.3 is 19.8 Å². The van der Waals surface area contributed by atoms with E-state index in [1.54, 1.807) is 29.8 Å². The number of fused-ring (bicyclic) bond motifs is 2. The maximum Gasteiger partial charge on any atom is 0.374 e. The van der Waals surface area contributed by atoms with Crippen molar-refractivity contribution in [3.63, 3.8) is 0 Å². The number of nitrogens with zero attached hydrogens (tertiary/aromatic N) is 2. The van der Waals surface area contributed by atoms with Gasteiger partial charge in [-0.2, -0.15) is 0 Å². The van der Waals surface area contributed by atoms with Crippen molar-refractivity contribution >= 4 is 55.0 Å². The number of esters is 1. The number of H-pyrrole nitrogens is 2. The van der Waals surface area contributed by atoms with Gasteiger partial charge in [0.05, 0.1) is 17.4 Å². The Kier molecular flexibility index (Phi) is 5.61. The Morgan fingerprint density at radius 2 is 1.50 bits per heavy atom. The number of thiophene rings is 2. The zero-order valence-corrected chi connectivity index (χ0v) is 15.8. The number of ether oxygens (including phenoxy) is 1. The third kappa shape index (κ3) is 3.97. The van der Waals surface area contributed by atoms with E-state index in [0.29, 0.717) is 20.4 Å². The molecule has 0 unspecified atom stereocenters. The fraction of sp³-hybridized carbons (Fsp3) is 0.125. The number of rotatable bonds is 3. The first-order valence-corrected chi connectivity index (χ1v) is 9.52. The van der Waals surface area contributed by atoms with Gasteiger partial charge in [-0.15, -0.1) is 22.7 Å². The highest BCUT2D eigenvalue weighted by Crippen LogP contribution is 2.14. The van der Waals surface area contributed by atoms with Crippen LogP contribution in [0.4, 0.5) is 0 Å². The summed E-state index contributed by atoms with van der Waals surface area (Å²) in [6, 6.07) is 3.28. The van der Waals surface area contributed by atoms with Crippen molar-refractivity contribution in [2.24, 2.45) is 0 Å². The lowest BCUT2D eigenvalue weighted by atomic mass is 10.4. The SMILES string of the molecule is CCOC(=O)c1nc2sccc2c(=O)[nH]1.O=C(O)c1nc2sccc2c(=O)[nH]1. The summed E-state index contributed by atoms with van der Waals surface area (Å²) in [5, 5.41) is 12.9. The molecule has 3 N–H and O–H groups in total. The number of nitrogens with one attached hydrogen (secondary N) is 2. The van der Waals surface area contributed by atoms with E-state index in [2.05, 4.69) is 19.9 Å². The van der Waals surface area contributed by atoms with E-state index in [-0.39, 0.29) is 23.8 Å². The number of aromatic carboxylic acids is 1. The second-order valence-electron chi connectivity index (χ2n) is 5.13. The van der Waals surface area contributed by atoms with Gasteiger partial charge in [-0.1, -0.05) is 0 Å². The number of hydrogen-bond donors (Lipinski definition) is 3. The van der Waals surface area contributed by atoms with Crippen LogP contribution in [-0.2, 0) is 4.74 Å². The standard InChI is InChI=1S/C9H8N2O3S.C7H4N2O3S/c1-2-14-9(13)6-10-7(12)5-3-4-15-8(5)11-6;10-5-3-1-2-13-6(3)9-4(8-5)7(11)12/h3-4H,2H2,1H3,(H,10,11,12);1-2H,(H,11,12)(H,8,9,10). The summed E-state index contributed by atoms with van der Waals surface area (Å²) >= 11 is 2.55. The lowest BCUT2D eigenvalue weighted by Crippen LogP contribution is -2.16. The molecule has 28 heavy (non-hydrogen) atoms. The molecule has 0 aromatic carbocycles. The molecule has 0 aliphatic rings. The number of carbonyl (C=O) groups excluding carboxylic acids is 1. The molecule has 0 spiro atoms. The molecule has 12 heteroatoms.